The molecule has 0 aliphatic rings. The fourth-order valence-corrected chi connectivity index (χ4v) is 1.25. The summed E-state index contributed by atoms with van der Waals surface area (Å²) in [4.78, 5) is 21.0. The van der Waals surface area contributed by atoms with Crippen molar-refractivity contribution in [2.75, 3.05) is 0 Å². The lowest BCUT2D eigenvalue weighted by Crippen LogP contribution is -2.17. The van der Waals surface area contributed by atoms with Gasteiger partial charge >= 0.3 is 6.36 Å². The summed E-state index contributed by atoms with van der Waals surface area (Å²) in [5.74, 6) is -1.29. The Balaban J connectivity index is 3.22. The number of nitro groups is 1. The van der Waals surface area contributed by atoms with Crippen LogP contribution in [0.5, 0.6) is 5.75 Å². The number of carbonyl (C=O) groups is 1. The predicted molar refractivity (Wildman–Crippen MR) is 54.4 cm³/mol. The van der Waals surface area contributed by atoms with Crippen LogP contribution in [0.3, 0.4) is 0 Å². The van der Waals surface area contributed by atoms with E-state index in [0.717, 1.165) is 12.1 Å². The van der Waals surface area contributed by atoms with E-state index >= 15 is 0 Å². The summed E-state index contributed by atoms with van der Waals surface area (Å²) in [6, 6.07) is 2.35. The summed E-state index contributed by atoms with van der Waals surface area (Å²) in [5.41, 5.74) is -0.820. The van der Waals surface area contributed by atoms with Crippen molar-refractivity contribution in [3.05, 3.63) is 33.9 Å². The Morgan fingerprint density at radius 1 is 1.39 bits per heavy atom. The fraction of sp³-hybridized carbons (Fsp3) is 0.300. The van der Waals surface area contributed by atoms with E-state index in [9.17, 15) is 28.1 Å². The van der Waals surface area contributed by atoms with Crippen molar-refractivity contribution in [2.45, 2.75) is 19.7 Å². The Kier molecular flexibility index (Phi) is 3.89. The van der Waals surface area contributed by atoms with Gasteiger partial charge in [0.25, 0.3) is 5.69 Å². The van der Waals surface area contributed by atoms with Gasteiger partial charge in [0.1, 0.15) is 5.75 Å². The van der Waals surface area contributed by atoms with Crippen LogP contribution < -0.4 is 4.74 Å². The lowest BCUT2D eigenvalue weighted by atomic mass is 10.1. The van der Waals surface area contributed by atoms with Gasteiger partial charge in [-0.05, 0) is 6.07 Å². The quantitative estimate of drug-likeness (QED) is 0.475. The van der Waals surface area contributed by atoms with Crippen LogP contribution in [0.25, 0.3) is 0 Å². The Hall–Kier alpha value is -2.12. The lowest BCUT2D eigenvalue weighted by molar-refractivity contribution is -0.385. The molecule has 98 valence electrons. The third-order valence-electron chi connectivity index (χ3n) is 1.98. The van der Waals surface area contributed by atoms with Gasteiger partial charge in [-0.1, -0.05) is 6.92 Å². The molecule has 0 radical (unpaired) electrons. The van der Waals surface area contributed by atoms with Crippen LogP contribution in [-0.2, 0) is 0 Å². The molecule has 0 fully saturated rings. The molecule has 0 aliphatic heterocycles. The summed E-state index contributed by atoms with van der Waals surface area (Å²) in [5, 5.41) is 10.5. The molecule has 0 unspecified atom stereocenters. The number of non-ortho nitro benzene ring substituents is 1. The van der Waals surface area contributed by atoms with E-state index in [1.54, 1.807) is 0 Å². The number of ether oxygens (including phenoxy) is 1. The number of alkyl halides is 3. The van der Waals surface area contributed by atoms with Crippen LogP contribution >= 0.6 is 0 Å². The van der Waals surface area contributed by atoms with Crippen LogP contribution in [0.1, 0.15) is 23.7 Å². The number of benzene rings is 1. The van der Waals surface area contributed by atoms with Gasteiger partial charge in [0.2, 0.25) is 0 Å². The molecule has 5 nitrogen and oxygen atoms in total. The zero-order valence-corrected chi connectivity index (χ0v) is 9.15. The molecule has 1 aromatic rings. The van der Waals surface area contributed by atoms with Gasteiger partial charge in [-0.25, -0.2) is 0 Å². The Morgan fingerprint density at radius 2 is 2.00 bits per heavy atom. The highest BCUT2D eigenvalue weighted by Gasteiger charge is 2.32. The standard InChI is InChI=1S/C10H8F3NO4/c1-2-9(15)6-3-7(14(16)17)5-8(4-6)18-10(11,12)13/h3-5H,2H2,1H3. The van der Waals surface area contributed by atoms with Crippen molar-refractivity contribution in [3.63, 3.8) is 0 Å². The average molecular weight is 263 g/mol. The largest absolute Gasteiger partial charge is 0.573 e. The third kappa shape index (κ3) is 3.72. The zero-order chi connectivity index (χ0) is 13.9. The maximum Gasteiger partial charge on any atom is 0.573 e. The number of nitro benzene ring substituents is 1. The normalized spacial score (nSPS) is 11.1. The molecule has 0 heterocycles. The minimum Gasteiger partial charge on any atom is -0.406 e. The van der Waals surface area contributed by atoms with Crippen LogP contribution in [0.4, 0.5) is 18.9 Å². The Morgan fingerprint density at radius 3 is 2.44 bits per heavy atom. The molecule has 0 aromatic heterocycles. The van der Waals surface area contributed by atoms with Gasteiger partial charge in [-0.3, -0.25) is 14.9 Å². The number of nitrogens with zero attached hydrogens (tertiary/aromatic N) is 1. The van der Waals surface area contributed by atoms with Crippen LogP contribution in [0.15, 0.2) is 18.2 Å². The summed E-state index contributed by atoms with van der Waals surface area (Å²) in [6.45, 7) is 1.49. The predicted octanol–water partition coefficient (Wildman–Crippen LogP) is 3.09. The molecule has 0 spiro atoms. The molecule has 0 saturated carbocycles. The maximum atomic E-state index is 12.0. The molecule has 0 amide bonds. The van der Waals surface area contributed by atoms with E-state index in [1.165, 1.54) is 6.92 Å². The molecule has 0 aliphatic carbocycles. The van der Waals surface area contributed by atoms with E-state index < -0.39 is 28.5 Å². The van der Waals surface area contributed by atoms with Crippen molar-refractivity contribution in [1.29, 1.82) is 0 Å². The first-order valence-electron chi connectivity index (χ1n) is 4.81. The van der Waals surface area contributed by atoms with Crippen LogP contribution in [-0.4, -0.2) is 17.1 Å². The second-order valence-electron chi connectivity index (χ2n) is 3.30. The van der Waals surface area contributed by atoms with Gasteiger partial charge < -0.3 is 4.74 Å². The summed E-state index contributed by atoms with van der Waals surface area (Å²) in [6.07, 6.45) is -4.95. The number of ketones is 1. The van der Waals surface area contributed by atoms with E-state index in [0.29, 0.717) is 6.07 Å². The van der Waals surface area contributed by atoms with Gasteiger partial charge in [-0.15, -0.1) is 13.2 Å². The maximum absolute atomic E-state index is 12.0. The molecule has 1 rings (SSSR count). The number of hydrogen-bond acceptors (Lipinski definition) is 4. The SMILES string of the molecule is CCC(=O)c1cc(OC(F)(F)F)cc([N+](=O)[O-])c1. The monoisotopic (exact) mass is 263 g/mol. The minimum atomic E-state index is -4.97. The molecule has 0 bridgehead atoms. The highest BCUT2D eigenvalue weighted by atomic mass is 19.4. The number of Topliss-reactive ketones (excluding diaryl/α,β-unsaturated/α-hetero) is 1. The minimum absolute atomic E-state index is 0.0205. The smallest absolute Gasteiger partial charge is 0.406 e. The summed E-state index contributed by atoms with van der Waals surface area (Å²) < 4.78 is 39.6. The molecule has 1 aromatic carbocycles. The van der Waals surface area contributed by atoms with Gasteiger partial charge in [0.15, 0.2) is 5.78 Å². The van der Waals surface area contributed by atoms with Gasteiger partial charge in [0.05, 0.1) is 11.0 Å². The topological polar surface area (TPSA) is 69.4 Å². The van der Waals surface area contributed by atoms with Crippen molar-refractivity contribution in [3.8, 4) is 5.75 Å². The van der Waals surface area contributed by atoms with E-state index in [1.807, 2.05) is 0 Å². The first-order valence-corrected chi connectivity index (χ1v) is 4.81. The second-order valence-corrected chi connectivity index (χ2v) is 3.30. The number of halogens is 3. The lowest BCUT2D eigenvalue weighted by Gasteiger charge is -2.09. The molecule has 18 heavy (non-hydrogen) atoms. The molecule has 0 atom stereocenters. The van der Waals surface area contributed by atoms with Crippen molar-refractivity contribution in [2.24, 2.45) is 0 Å². The Bertz CT molecular complexity index is 485. The number of rotatable bonds is 4. The molecule has 8 heteroatoms. The van der Waals surface area contributed by atoms with Crippen LogP contribution in [0.2, 0.25) is 0 Å². The number of hydrogen-bond donors (Lipinski definition) is 0. The van der Waals surface area contributed by atoms with E-state index in [-0.39, 0.29) is 12.0 Å². The van der Waals surface area contributed by atoms with Crippen molar-refractivity contribution < 1.29 is 27.6 Å². The van der Waals surface area contributed by atoms with E-state index in [2.05, 4.69) is 4.74 Å². The summed E-state index contributed by atoms with van der Waals surface area (Å²) in [7, 11) is 0. The third-order valence-corrected chi connectivity index (χ3v) is 1.98. The molecule has 0 saturated heterocycles. The average Bonchev–Trinajstić information content (AvgIpc) is 2.25. The zero-order valence-electron chi connectivity index (χ0n) is 9.15. The van der Waals surface area contributed by atoms with Gasteiger partial charge in [-0.2, -0.15) is 0 Å². The highest BCUT2D eigenvalue weighted by Crippen LogP contribution is 2.28. The highest BCUT2D eigenvalue weighted by molar-refractivity contribution is 5.96. The Labute approximate surface area is 99.3 Å². The van der Waals surface area contributed by atoms with Gasteiger partial charge in [0, 0.05) is 18.1 Å². The van der Waals surface area contributed by atoms with E-state index in [4.69, 9.17) is 0 Å². The molecule has 0 N–H and O–H groups in total. The summed E-state index contributed by atoms with van der Waals surface area (Å²) >= 11 is 0. The first kappa shape index (κ1) is 13.9. The molecular formula is C10H8F3NO4. The van der Waals surface area contributed by atoms with Crippen molar-refractivity contribution >= 4 is 11.5 Å². The number of carbonyl (C=O) groups excluding carboxylic acids is 1. The van der Waals surface area contributed by atoms with Crippen molar-refractivity contribution in [1.82, 2.24) is 0 Å². The van der Waals surface area contributed by atoms with Crippen LogP contribution in [0, 0.1) is 10.1 Å². The second kappa shape index (κ2) is 5.03. The molecular weight excluding hydrogens is 255 g/mol. The first-order chi connectivity index (χ1) is 8.23. The fourth-order valence-electron chi connectivity index (χ4n) is 1.25.